The van der Waals surface area contributed by atoms with Gasteiger partial charge in [-0.1, -0.05) is 13.8 Å². The Labute approximate surface area is 94.4 Å². The smallest absolute Gasteiger partial charge is 0.127 e. The monoisotopic (exact) mass is 214 g/mol. The molecule has 0 atom stereocenters. The largest absolute Gasteiger partial charge is 0.308 e. The molecule has 0 unspecified atom stereocenters. The van der Waals surface area contributed by atoms with Crippen LogP contribution in [-0.4, -0.2) is 56.9 Å². The summed E-state index contributed by atoms with van der Waals surface area (Å²) in [4.78, 5) is 15.5. The van der Waals surface area contributed by atoms with Gasteiger partial charge in [-0.2, -0.15) is 0 Å². The van der Waals surface area contributed by atoms with Crippen molar-refractivity contribution in [1.82, 2.24) is 9.80 Å². The fourth-order valence-corrected chi connectivity index (χ4v) is 1.66. The van der Waals surface area contributed by atoms with Crippen molar-refractivity contribution < 1.29 is 4.79 Å². The van der Waals surface area contributed by atoms with E-state index in [1.807, 2.05) is 0 Å². The van der Waals surface area contributed by atoms with Gasteiger partial charge in [-0.05, 0) is 34.0 Å². The van der Waals surface area contributed by atoms with Crippen LogP contribution < -0.4 is 0 Å². The topological polar surface area (TPSA) is 23.6 Å². The van der Waals surface area contributed by atoms with E-state index in [0.717, 1.165) is 38.8 Å². The lowest BCUT2D eigenvalue weighted by Gasteiger charge is -2.31. The predicted molar refractivity (Wildman–Crippen MR) is 65.1 cm³/mol. The summed E-state index contributed by atoms with van der Waals surface area (Å²) >= 11 is 0. The minimum atomic E-state index is -0.138. The minimum Gasteiger partial charge on any atom is -0.308 e. The first kappa shape index (κ1) is 14.6. The van der Waals surface area contributed by atoms with Gasteiger partial charge in [0.1, 0.15) is 6.29 Å². The van der Waals surface area contributed by atoms with Crippen molar-refractivity contribution in [3.8, 4) is 0 Å². The summed E-state index contributed by atoms with van der Waals surface area (Å²) in [5.41, 5.74) is -0.138. The number of aldehydes is 1. The van der Waals surface area contributed by atoms with E-state index in [1.165, 1.54) is 0 Å². The first-order chi connectivity index (χ1) is 6.99. The Morgan fingerprint density at radius 2 is 1.60 bits per heavy atom. The molecule has 0 aliphatic rings. The Kier molecular flexibility index (Phi) is 6.77. The zero-order valence-corrected chi connectivity index (χ0v) is 10.9. The van der Waals surface area contributed by atoms with Gasteiger partial charge < -0.3 is 14.6 Å². The van der Waals surface area contributed by atoms with Crippen LogP contribution in [0.1, 0.15) is 26.7 Å². The molecule has 0 bridgehead atoms. The van der Waals surface area contributed by atoms with Gasteiger partial charge in [-0.15, -0.1) is 0 Å². The van der Waals surface area contributed by atoms with Gasteiger partial charge in [0.25, 0.3) is 0 Å². The number of hydrogen-bond donors (Lipinski definition) is 0. The Balaban J connectivity index is 4.11. The molecule has 3 nitrogen and oxygen atoms in total. The highest BCUT2D eigenvalue weighted by molar-refractivity contribution is 5.59. The molecule has 3 heteroatoms. The minimum absolute atomic E-state index is 0.138. The molecule has 90 valence electrons. The lowest BCUT2D eigenvalue weighted by molar-refractivity contribution is -0.117. The maximum atomic E-state index is 11.1. The second-order valence-corrected chi connectivity index (χ2v) is 4.73. The van der Waals surface area contributed by atoms with Crippen molar-refractivity contribution in [2.24, 2.45) is 5.41 Å². The molecule has 0 heterocycles. The number of hydrogen-bond acceptors (Lipinski definition) is 3. The molecular weight excluding hydrogens is 188 g/mol. The van der Waals surface area contributed by atoms with Crippen molar-refractivity contribution in [1.29, 1.82) is 0 Å². The number of carbonyl (C=O) groups is 1. The summed E-state index contributed by atoms with van der Waals surface area (Å²) in [5, 5.41) is 0. The van der Waals surface area contributed by atoms with Crippen molar-refractivity contribution in [2.45, 2.75) is 26.7 Å². The lowest BCUT2D eigenvalue weighted by Crippen LogP contribution is -2.39. The van der Waals surface area contributed by atoms with Crippen LogP contribution in [0.3, 0.4) is 0 Å². The Bertz CT molecular complexity index is 176. The van der Waals surface area contributed by atoms with Crippen LogP contribution >= 0.6 is 0 Å². The van der Waals surface area contributed by atoms with Crippen LogP contribution in [-0.2, 0) is 4.79 Å². The Morgan fingerprint density at radius 1 is 1.07 bits per heavy atom. The molecule has 0 aliphatic carbocycles. The standard InChI is InChI=1S/C12H26N2O/c1-6-12(7-2,11-15)10-14(5)9-8-13(3)4/h11H,6-10H2,1-5H3. The van der Waals surface area contributed by atoms with Gasteiger partial charge in [0.05, 0.1) is 0 Å². The van der Waals surface area contributed by atoms with Gasteiger partial charge in [-0.3, -0.25) is 0 Å². The predicted octanol–water partition coefficient (Wildman–Crippen LogP) is 1.49. The summed E-state index contributed by atoms with van der Waals surface area (Å²) in [7, 11) is 6.23. The van der Waals surface area contributed by atoms with E-state index >= 15 is 0 Å². The zero-order valence-electron chi connectivity index (χ0n) is 10.9. The van der Waals surface area contributed by atoms with E-state index in [0.29, 0.717) is 0 Å². The average molecular weight is 214 g/mol. The van der Waals surface area contributed by atoms with E-state index in [1.54, 1.807) is 0 Å². The molecular formula is C12H26N2O. The third-order valence-electron chi connectivity index (χ3n) is 3.17. The first-order valence-electron chi connectivity index (χ1n) is 5.79. The van der Waals surface area contributed by atoms with Crippen LogP contribution in [0.4, 0.5) is 0 Å². The number of nitrogens with zero attached hydrogens (tertiary/aromatic N) is 2. The fraction of sp³-hybridized carbons (Fsp3) is 0.917. The van der Waals surface area contributed by atoms with Crippen molar-refractivity contribution >= 4 is 6.29 Å². The molecule has 0 saturated carbocycles. The number of rotatable bonds is 8. The first-order valence-corrected chi connectivity index (χ1v) is 5.79. The molecule has 0 fully saturated rings. The highest BCUT2D eigenvalue weighted by Gasteiger charge is 2.26. The summed E-state index contributed by atoms with van der Waals surface area (Å²) in [6.45, 7) is 7.12. The maximum Gasteiger partial charge on any atom is 0.127 e. The second kappa shape index (κ2) is 6.96. The van der Waals surface area contributed by atoms with E-state index in [9.17, 15) is 4.79 Å². The molecule has 15 heavy (non-hydrogen) atoms. The summed E-state index contributed by atoms with van der Waals surface area (Å²) < 4.78 is 0. The van der Waals surface area contributed by atoms with Crippen LogP contribution in [0.2, 0.25) is 0 Å². The van der Waals surface area contributed by atoms with Gasteiger partial charge in [-0.25, -0.2) is 0 Å². The molecule has 0 aliphatic heterocycles. The SMILES string of the molecule is CCC(C=O)(CC)CN(C)CCN(C)C. The van der Waals surface area contributed by atoms with Gasteiger partial charge in [0, 0.05) is 25.0 Å². The zero-order chi connectivity index (χ0) is 11.9. The van der Waals surface area contributed by atoms with Gasteiger partial charge >= 0.3 is 0 Å². The maximum absolute atomic E-state index is 11.1. The van der Waals surface area contributed by atoms with Crippen molar-refractivity contribution in [3.63, 3.8) is 0 Å². The molecule has 0 amide bonds. The van der Waals surface area contributed by atoms with Crippen molar-refractivity contribution in [2.75, 3.05) is 40.8 Å². The third kappa shape index (κ3) is 5.28. The fourth-order valence-electron chi connectivity index (χ4n) is 1.66. The van der Waals surface area contributed by atoms with Crippen LogP contribution in [0.15, 0.2) is 0 Å². The van der Waals surface area contributed by atoms with Crippen LogP contribution in [0, 0.1) is 5.41 Å². The molecule has 0 aromatic carbocycles. The van der Waals surface area contributed by atoms with E-state index in [2.05, 4.69) is 44.8 Å². The normalized spacial score (nSPS) is 12.5. The molecule has 0 aromatic heterocycles. The molecule has 0 saturated heterocycles. The van der Waals surface area contributed by atoms with Gasteiger partial charge in [0.2, 0.25) is 0 Å². The molecule has 0 N–H and O–H groups in total. The van der Waals surface area contributed by atoms with E-state index < -0.39 is 0 Å². The van der Waals surface area contributed by atoms with Gasteiger partial charge in [0.15, 0.2) is 0 Å². The van der Waals surface area contributed by atoms with Crippen LogP contribution in [0.5, 0.6) is 0 Å². The molecule has 0 spiro atoms. The van der Waals surface area contributed by atoms with E-state index in [4.69, 9.17) is 0 Å². The van der Waals surface area contributed by atoms with E-state index in [-0.39, 0.29) is 5.41 Å². The Morgan fingerprint density at radius 3 is 1.93 bits per heavy atom. The molecule has 0 aromatic rings. The quantitative estimate of drug-likeness (QED) is 0.572. The third-order valence-corrected chi connectivity index (χ3v) is 3.17. The van der Waals surface area contributed by atoms with Crippen LogP contribution in [0.25, 0.3) is 0 Å². The lowest BCUT2D eigenvalue weighted by atomic mass is 9.83. The number of carbonyl (C=O) groups excluding carboxylic acids is 1. The summed E-state index contributed by atoms with van der Waals surface area (Å²) in [6, 6.07) is 0. The average Bonchev–Trinajstić information content (AvgIpc) is 2.23. The summed E-state index contributed by atoms with van der Waals surface area (Å²) in [6.07, 6.45) is 3.00. The molecule has 0 radical (unpaired) electrons. The highest BCUT2D eigenvalue weighted by atomic mass is 16.1. The van der Waals surface area contributed by atoms with Crippen molar-refractivity contribution in [3.05, 3.63) is 0 Å². The molecule has 0 rings (SSSR count). The number of likely N-dealkylation sites (N-methyl/N-ethyl adjacent to an activating group) is 2. The summed E-state index contributed by atoms with van der Waals surface area (Å²) in [5.74, 6) is 0. The second-order valence-electron chi connectivity index (χ2n) is 4.73. The highest BCUT2D eigenvalue weighted by Crippen LogP contribution is 2.24. The Hall–Kier alpha value is -0.410.